The van der Waals surface area contributed by atoms with Gasteiger partial charge in [0.1, 0.15) is 5.82 Å². The van der Waals surface area contributed by atoms with Gasteiger partial charge >= 0.3 is 0 Å². The molecule has 0 aromatic carbocycles. The van der Waals surface area contributed by atoms with Crippen molar-refractivity contribution in [3.63, 3.8) is 0 Å². The zero-order chi connectivity index (χ0) is 14.4. The zero-order valence-electron chi connectivity index (χ0n) is 11.1. The quantitative estimate of drug-likeness (QED) is 0.512. The molecule has 0 aliphatic carbocycles. The molecule has 0 saturated carbocycles. The number of pyridine rings is 1. The van der Waals surface area contributed by atoms with Crippen LogP contribution in [0.3, 0.4) is 0 Å². The fourth-order valence-electron chi connectivity index (χ4n) is 1.67. The monoisotopic (exact) mass is 276 g/mol. The first-order valence-corrected chi connectivity index (χ1v) is 6.24. The Morgan fingerprint density at radius 2 is 2.30 bits per heavy atom. The first kappa shape index (κ1) is 13.9. The largest absolute Gasteiger partial charge is 0.352 e. The summed E-state index contributed by atoms with van der Waals surface area (Å²) >= 11 is 0. The molecule has 20 heavy (non-hydrogen) atoms. The van der Waals surface area contributed by atoms with E-state index in [0.717, 1.165) is 12.1 Å². The Morgan fingerprint density at radius 3 is 2.95 bits per heavy atom. The van der Waals surface area contributed by atoms with Gasteiger partial charge < -0.3 is 15.3 Å². The van der Waals surface area contributed by atoms with Crippen molar-refractivity contribution in [2.45, 2.75) is 19.8 Å². The summed E-state index contributed by atoms with van der Waals surface area (Å²) in [5.41, 5.74) is 3.76. The van der Waals surface area contributed by atoms with E-state index in [9.17, 15) is 4.79 Å². The van der Waals surface area contributed by atoms with Crippen molar-refractivity contribution >= 4 is 11.7 Å². The van der Waals surface area contributed by atoms with Crippen molar-refractivity contribution in [1.29, 1.82) is 0 Å². The van der Waals surface area contributed by atoms with Gasteiger partial charge in [-0.05, 0) is 18.6 Å². The number of nitrogens with two attached hydrogens (primary N) is 1. The normalized spacial score (nSPS) is 10.3. The average Bonchev–Trinajstić information content (AvgIpc) is 2.99. The Kier molecular flexibility index (Phi) is 4.61. The number of amides is 1. The summed E-state index contributed by atoms with van der Waals surface area (Å²) in [6, 6.07) is 3.34. The van der Waals surface area contributed by atoms with Crippen LogP contribution in [0.2, 0.25) is 0 Å². The highest BCUT2D eigenvalue weighted by Crippen LogP contribution is 2.10. The molecular weight excluding hydrogens is 260 g/mol. The van der Waals surface area contributed by atoms with E-state index in [1.54, 1.807) is 12.1 Å². The van der Waals surface area contributed by atoms with E-state index >= 15 is 0 Å². The smallest absolute Gasteiger partial charge is 0.251 e. The van der Waals surface area contributed by atoms with Crippen LogP contribution in [0.25, 0.3) is 0 Å². The zero-order valence-corrected chi connectivity index (χ0v) is 11.1. The summed E-state index contributed by atoms with van der Waals surface area (Å²) in [5, 5.41) is 6.45. The first-order valence-electron chi connectivity index (χ1n) is 6.24. The third kappa shape index (κ3) is 3.51. The number of hydrogen-bond donors (Lipinski definition) is 3. The van der Waals surface area contributed by atoms with Crippen molar-refractivity contribution < 1.29 is 9.32 Å². The predicted octanol–water partition coefficient (Wildman–Crippen LogP) is 0.285. The maximum atomic E-state index is 12.0. The van der Waals surface area contributed by atoms with Crippen molar-refractivity contribution in [2.24, 2.45) is 5.84 Å². The number of nitrogens with zero attached hydrogens (tertiary/aromatic N) is 3. The van der Waals surface area contributed by atoms with E-state index in [0.29, 0.717) is 30.2 Å². The Balaban J connectivity index is 1.97. The number of nitrogen functional groups attached to an aromatic ring is 1. The van der Waals surface area contributed by atoms with Crippen LogP contribution in [-0.2, 0) is 12.8 Å². The molecule has 0 atom stereocenters. The molecule has 2 aromatic heterocycles. The Hall–Kier alpha value is -2.48. The molecule has 0 bridgehead atoms. The van der Waals surface area contributed by atoms with Crippen LogP contribution in [-0.4, -0.2) is 27.6 Å². The van der Waals surface area contributed by atoms with Gasteiger partial charge in [-0.25, -0.2) is 10.8 Å². The fraction of sp³-hybridized carbons (Fsp3) is 0.333. The van der Waals surface area contributed by atoms with Crippen molar-refractivity contribution in [3.8, 4) is 0 Å². The highest BCUT2D eigenvalue weighted by atomic mass is 16.5. The minimum absolute atomic E-state index is 0.193. The van der Waals surface area contributed by atoms with Crippen LogP contribution < -0.4 is 16.6 Å². The lowest BCUT2D eigenvalue weighted by atomic mass is 10.2. The number of rotatable bonds is 6. The van der Waals surface area contributed by atoms with Crippen LogP contribution >= 0.6 is 0 Å². The van der Waals surface area contributed by atoms with Gasteiger partial charge in [-0.15, -0.1) is 0 Å². The summed E-state index contributed by atoms with van der Waals surface area (Å²) < 4.78 is 4.61. The van der Waals surface area contributed by atoms with E-state index in [1.165, 1.54) is 6.39 Å². The molecule has 2 heterocycles. The lowest BCUT2D eigenvalue weighted by Gasteiger charge is -2.08. The maximum Gasteiger partial charge on any atom is 0.251 e. The van der Waals surface area contributed by atoms with Gasteiger partial charge in [0.05, 0.1) is 0 Å². The molecule has 0 radical (unpaired) electrons. The molecule has 4 N–H and O–H groups in total. The molecule has 2 aromatic rings. The number of nitrogens with one attached hydrogen (secondary N) is 2. The third-order valence-electron chi connectivity index (χ3n) is 2.69. The van der Waals surface area contributed by atoms with Crippen LogP contribution in [0.1, 0.15) is 28.8 Å². The van der Waals surface area contributed by atoms with Crippen LogP contribution in [0, 0.1) is 0 Å². The lowest BCUT2D eigenvalue weighted by molar-refractivity contribution is 0.0953. The number of aryl methyl sites for hydroxylation is 1. The molecule has 0 spiro atoms. The van der Waals surface area contributed by atoms with Crippen LogP contribution in [0.15, 0.2) is 23.0 Å². The molecule has 2 rings (SSSR count). The van der Waals surface area contributed by atoms with E-state index < -0.39 is 0 Å². The van der Waals surface area contributed by atoms with Crippen molar-refractivity contribution in [1.82, 2.24) is 20.4 Å². The number of anilines is 1. The summed E-state index contributed by atoms with van der Waals surface area (Å²) in [5.74, 6) is 6.16. The first-order chi connectivity index (χ1) is 9.72. The molecule has 8 heteroatoms. The summed E-state index contributed by atoms with van der Waals surface area (Å²) in [4.78, 5) is 20.1. The number of hydrazine groups is 1. The van der Waals surface area contributed by atoms with Gasteiger partial charge in [0.2, 0.25) is 6.39 Å². The summed E-state index contributed by atoms with van der Waals surface area (Å²) in [6.07, 6.45) is 2.49. The molecule has 0 unspecified atom stereocenters. The van der Waals surface area contributed by atoms with Gasteiger partial charge in [0.15, 0.2) is 5.82 Å². The van der Waals surface area contributed by atoms with E-state index in [-0.39, 0.29) is 5.91 Å². The van der Waals surface area contributed by atoms with E-state index in [1.807, 2.05) is 6.92 Å². The third-order valence-corrected chi connectivity index (χ3v) is 2.69. The molecule has 106 valence electrons. The molecule has 0 saturated heterocycles. The molecular formula is C12H16N6O2. The standard InChI is InChI=1S/C12H16N6O2/c1-2-9-5-8(6-11(16-9)17-13)12(19)14-4-3-10-15-7-20-18-10/h5-7H,2-4,13H2,1H3,(H,14,19)(H,16,17). The minimum Gasteiger partial charge on any atom is -0.352 e. The number of carbonyl (C=O) groups is 1. The van der Waals surface area contributed by atoms with Gasteiger partial charge in [-0.2, -0.15) is 4.98 Å². The maximum absolute atomic E-state index is 12.0. The lowest BCUT2D eigenvalue weighted by Crippen LogP contribution is -2.26. The molecule has 0 fully saturated rings. The topological polar surface area (TPSA) is 119 Å². The SMILES string of the molecule is CCc1cc(C(=O)NCCc2ncon2)cc(NN)n1. The van der Waals surface area contributed by atoms with Gasteiger partial charge in [-0.3, -0.25) is 4.79 Å². The molecule has 1 amide bonds. The minimum atomic E-state index is -0.193. The highest BCUT2D eigenvalue weighted by Gasteiger charge is 2.09. The average molecular weight is 276 g/mol. The second-order valence-corrected chi connectivity index (χ2v) is 4.08. The number of carbonyl (C=O) groups excluding carboxylic acids is 1. The molecule has 0 aliphatic heterocycles. The van der Waals surface area contributed by atoms with Crippen LogP contribution in [0.5, 0.6) is 0 Å². The van der Waals surface area contributed by atoms with E-state index in [4.69, 9.17) is 5.84 Å². The Morgan fingerprint density at radius 1 is 1.45 bits per heavy atom. The second kappa shape index (κ2) is 6.62. The molecule has 0 aliphatic rings. The predicted molar refractivity (Wildman–Crippen MR) is 71.8 cm³/mol. The van der Waals surface area contributed by atoms with Gasteiger partial charge in [-0.1, -0.05) is 12.1 Å². The highest BCUT2D eigenvalue weighted by molar-refractivity contribution is 5.95. The fourth-order valence-corrected chi connectivity index (χ4v) is 1.67. The van der Waals surface area contributed by atoms with Crippen LogP contribution in [0.4, 0.5) is 5.82 Å². The van der Waals surface area contributed by atoms with Crippen molar-refractivity contribution in [3.05, 3.63) is 35.6 Å². The second-order valence-electron chi connectivity index (χ2n) is 4.08. The number of aromatic nitrogens is 3. The Labute approximate surface area is 115 Å². The van der Waals surface area contributed by atoms with Gasteiger partial charge in [0, 0.05) is 24.2 Å². The van der Waals surface area contributed by atoms with E-state index in [2.05, 4.69) is 30.4 Å². The Bertz CT molecular complexity index is 547. The number of hydrogen-bond acceptors (Lipinski definition) is 7. The van der Waals surface area contributed by atoms with Gasteiger partial charge in [0.25, 0.3) is 5.91 Å². The molecule has 8 nitrogen and oxygen atoms in total. The summed E-state index contributed by atoms with van der Waals surface area (Å²) in [7, 11) is 0. The van der Waals surface area contributed by atoms with Crippen molar-refractivity contribution in [2.75, 3.05) is 12.0 Å². The summed E-state index contributed by atoms with van der Waals surface area (Å²) in [6.45, 7) is 2.38.